The Balaban J connectivity index is 2.11. The topological polar surface area (TPSA) is 42.4 Å². The van der Waals surface area contributed by atoms with Gasteiger partial charge in [0.25, 0.3) is 0 Å². The number of thiazole rings is 1. The summed E-state index contributed by atoms with van der Waals surface area (Å²) in [5.74, 6) is 0.369. The molecule has 1 saturated heterocycles. The van der Waals surface area contributed by atoms with E-state index in [1.165, 1.54) is 24.2 Å². The van der Waals surface area contributed by atoms with Gasteiger partial charge in [-0.25, -0.2) is 9.78 Å². The van der Waals surface area contributed by atoms with Crippen LogP contribution in [0.3, 0.4) is 0 Å². The van der Waals surface area contributed by atoms with Crippen molar-refractivity contribution < 1.29 is 9.53 Å². The molecular formula is C13H20N2O2S. The number of carbonyl (C=O) groups is 1. The Labute approximate surface area is 112 Å². The fourth-order valence-electron chi connectivity index (χ4n) is 2.25. The lowest BCUT2D eigenvalue weighted by Crippen LogP contribution is -2.41. The van der Waals surface area contributed by atoms with Crippen LogP contribution >= 0.6 is 11.3 Å². The van der Waals surface area contributed by atoms with Gasteiger partial charge in [-0.2, -0.15) is 0 Å². The summed E-state index contributed by atoms with van der Waals surface area (Å²) >= 11 is 1.53. The second-order valence-corrected chi connectivity index (χ2v) is 5.76. The van der Waals surface area contributed by atoms with Gasteiger partial charge in [0.15, 0.2) is 10.8 Å². The molecule has 1 aliphatic heterocycles. The van der Waals surface area contributed by atoms with Crippen LogP contribution in [0.4, 0.5) is 5.13 Å². The average Bonchev–Trinajstić information content (AvgIpc) is 2.82. The van der Waals surface area contributed by atoms with E-state index in [2.05, 4.69) is 23.7 Å². The first-order valence-electron chi connectivity index (χ1n) is 6.51. The molecule has 0 N–H and O–H groups in total. The van der Waals surface area contributed by atoms with E-state index in [1.807, 2.05) is 0 Å². The molecule has 0 saturated carbocycles. The van der Waals surface area contributed by atoms with Gasteiger partial charge in [-0.3, -0.25) is 0 Å². The van der Waals surface area contributed by atoms with Crippen molar-refractivity contribution in [1.29, 1.82) is 0 Å². The molecule has 2 rings (SSSR count). The van der Waals surface area contributed by atoms with Crippen molar-refractivity contribution >= 4 is 22.4 Å². The molecule has 0 radical (unpaired) electrons. The molecule has 1 aromatic heterocycles. The molecule has 0 amide bonds. The van der Waals surface area contributed by atoms with Crippen LogP contribution < -0.4 is 4.90 Å². The minimum atomic E-state index is -0.322. The number of aromatic nitrogens is 1. The first kappa shape index (κ1) is 13.3. The van der Waals surface area contributed by atoms with Gasteiger partial charge in [-0.15, -0.1) is 11.3 Å². The fourth-order valence-corrected chi connectivity index (χ4v) is 3.16. The van der Waals surface area contributed by atoms with E-state index in [9.17, 15) is 4.79 Å². The highest BCUT2D eigenvalue weighted by Crippen LogP contribution is 2.29. The van der Waals surface area contributed by atoms with Gasteiger partial charge in [0.05, 0.1) is 6.61 Å². The molecule has 4 nitrogen and oxygen atoms in total. The summed E-state index contributed by atoms with van der Waals surface area (Å²) in [7, 11) is 0. The standard InChI is InChI=1S/C13H20N2O2S/c1-4-17-12(16)11-8-18-13(14-11)15-7-9(2)5-6-10(15)3/h8-10H,4-7H2,1-3H3. The number of nitrogens with zero attached hydrogens (tertiary/aromatic N) is 2. The Kier molecular flexibility index (Phi) is 4.22. The van der Waals surface area contributed by atoms with E-state index in [1.54, 1.807) is 12.3 Å². The third-order valence-electron chi connectivity index (χ3n) is 3.34. The van der Waals surface area contributed by atoms with Gasteiger partial charge in [-0.1, -0.05) is 6.92 Å². The summed E-state index contributed by atoms with van der Waals surface area (Å²) < 4.78 is 4.96. The minimum absolute atomic E-state index is 0.322. The number of anilines is 1. The molecule has 1 aliphatic rings. The van der Waals surface area contributed by atoms with Crippen molar-refractivity contribution in [3.63, 3.8) is 0 Å². The van der Waals surface area contributed by atoms with Crippen molar-refractivity contribution in [3.8, 4) is 0 Å². The molecule has 0 spiro atoms. The highest BCUT2D eigenvalue weighted by molar-refractivity contribution is 7.13. The predicted molar refractivity (Wildman–Crippen MR) is 73.3 cm³/mol. The lowest BCUT2D eigenvalue weighted by Gasteiger charge is -2.36. The first-order chi connectivity index (χ1) is 8.61. The van der Waals surface area contributed by atoms with Crippen LogP contribution in [0, 0.1) is 5.92 Å². The van der Waals surface area contributed by atoms with Gasteiger partial charge in [0.1, 0.15) is 0 Å². The molecule has 1 fully saturated rings. The Bertz CT molecular complexity index is 419. The zero-order valence-corrected chi connectivity index (χ0v) is 12.0. The number of carbonyl (C=O) groups excluding carboxylic acids is 1. The van der Waals surface area contributed by atoms with Crippen LogP contribution in [0.1, 0.15) is 44.1 Å². The molecule has 0 aliphatic carbocycles. The minimum Gasteiger partial charge on any atom is -0.461 e. The largest absolute Gasteiger partial charge is 0.461 e. The third kappa shape index (κ3) is 2.83. The molecule has 2 heterocycles. The SMILES string of the molecule is CCOC(=O)c1csc(N2CC(C)CCC2C)n1. The summed E-state index contributed by atoms with van der Waals surface area (Å²) in [6.07, 6.45) is 2.46. The van der Waals surface area contributed by atoms with E-state index in [-0.39, 0.29) is 5.97 Å². The zero-order chi connectivity index (χ0) is 13.1. The number of esters is 1. The molecule has 100 valence electrons. The lowest BCUT2D eigenvalue weighted by molar-refractivity contribution is 0.0520. The molecule has 5 heteroatoms. The quantitative estimate of drug-likeness (QED) is 0.790. The maximum atomic E-state index is 11.6. The molecule has 0 bridgehead atoms. The van der Waals surface area contributed by atoms with Crippen molar-refractivity contribution in [2.24, 2.45) is 5.92 Å². The van der Waals surface area contributed by atoms with Gasteiger partial charge in [-0.05, 0) is 32.6 Å². The number of ether oxygens (including phenoxy) is 1. The van der Waals surface area contributed by atoms with E-state index >= 15 is 0 Å². The predicted octanol–water partition coefficient (Wildman–Crippen LogP) is 2.94. The summed E-state index contributed by atoms with van der Waals surface area (Å²) in [5, 5.41) is 2.73. The molecule has 1 aromatic rings. The Morgan fingerprint density at radius 3 is 3.06 bits per heavy atom. The molecular weight excluding hydrogens is 248 g/mol. The van der Waals surface area contributed by atoms with Gasteiger partial charge < -0.3 is 9.64 Å². The number of hydrogen-bond acceptors (Lipinski definition) is 5. The van der Waals surface area contributed by atoms with Crippen LogP contribution in [0.15, 0.2) is 5.38 Å². The Morgan fingerprint density at radius 1 is 1.56 bits per heavy atom. The third-order valence-corrected chi connectivity index (χ3v) is 4.22. The zero-order valence-electron chi connectivity index (χ0n) is 11.2. The van der Waals surface area contributed by atoms with Crippen LogP contribution in [0.2, 0.25) is 0 Å². The van der Waals surface area contributed by atoms with E-state index in [0.29, 0.717) is 24.3 Å². The average molecular weight is 268 g/mol. The van der Waals surface area contributed by atoms with Crippen LogP contribution in [0.25, 0.3) is 0 Å². The smallest absolute Gasteiger partial charge is 0.357 e. The summed E-state index contributed by atoms with van der Waals surface area (Å²) in [4.78, 5) is 18.3. The highest BCUT2D eigenvalue weighted by Gasteiger charge is 2.25. The van der Waals surface area contributed by atoms with E-state index in [0.717, 1.165) is 11.7 Å². The van der Waals surface area contributed by atoms with Crippen LogP contribution in [-0.2, 0) is 4.74 Å². The Morgan fingerprint density at radius 2 is 2.33 bits per heavy atom. The van der Waals surface area contributed by atoms with E-state index < -0.39 is 0 Å². The molecule has 0 aromatic carbocycles. The van der Waals surface area contributed by atoms with Gasteiger partial charge >= 0.3 is 5.97 Å². The van der Waals surface area contributed by atoms with Gasteiger partial charge in [0, 0.05) is 18.0 Å². The number of hydrogen-bond donors (Lipinski definition) is 0. The first-order valence-corrected chi connectivity index (χ1v) is 7.39. The lowest BCUT2D eigenvalue weighted by atomic mass is 9.96. The number of rotatable bonds is 3. The fraction of sp³-hybridized carbons (Fsp3) is 0.692. The highest BCUT2D eigenvalue weighted by atomic mass is 32.1. The van der Waals surface area contributed by atoms with Crippen molar-refractivity contribution in [2.75, 3.05) is 18.1 Å². The van der Waals surface area contributed by atoms with Crippen LogP contribution in [-0.4, -0.2) is 30.1 Å². The monoisotopic (exact) mass is 268 g/mol. The van der Waals surface area contributed by atoms with Gasteiger partial charge in [0.2, 0.25) is 0 Å². The molecule has 2 atom stereocenters. The maximum Gasteiger partial charge on any atom is 0.357 e. The summed E-state index contributed by atoms with van der Waals surface area (Å²) in [5.41, 5.74) is 0.433. The van der Waals surface area contributed by atoms with Crippen molar-refractivity contribution in [3.05, 3.63) is 11.1 Å². The molecule has 18 heavy (non-hydrogen) atoms. The van der Waals surface area contributed by atoms with E-state index in [4.69, 9.17) is 4.74 Å². The summed E-state index contributed by atoms with van der Waals surface area (Å²) in [6.45, 7) is 7.70. The second kappa shape index (κ2) is 5.69. The maximum absolute atomic E-state index is 11.6. The van der Waals surface area contributed by atoms with Crippen molar-refractivity contribution in [2.45, 2.75) is 39.7 Å². The van der Waals surface area contributed by atoms with Crippen molar-refractivity contribution in [1.82, 2.24) is 4.98 Å². The second-order valence-electron chi connectivity index (χ2n) is 4.92. The summed E-state index contributed by atoms with van der Waals surface area (Å²) in [6, 6.07) is 0.502. The van der Waals surface area contributed by atoms with Crippen LogP contribution in [0.5, 0.6) is 0 Å². The Hall–Kier alpha value is -1.10. The number of piperidine rings is 1. The normalized spacial score (nSPS) is 24.1. The molecule has 2 unspecified atom stereocenters.